The molecule has 0 rings (SSSR count). The zero-order valence-electron chi connectivity index (χ0n) is 11.7. The Balaban J connectivity index is 3.41. The van der Waals surface area contributed by atoms with Gasteiger partial charge in [0, 0.05) is 12.8 Å². The molecule has 0 aromatic rings. The van der Waals surface area contributed by atoms with Crippen LogP contribution in [-0.2, 0) is 28.5 Å². The normalized spacial score (nSPS) is 9.40. The summed E-state index contributed by atoms with van der Waals surface area (Å²) in [4.78, 5) is 22.5. The highest BCUT2D eigenvalue weighted by molar-refractivity contribution is 5.77. The van der Waals surface area contributed by atoms with Gasteiger partial charge in [0.05, 0.1) is 51.8 Å². The van der Waals surface area contributed by atoms with Gasteiger partial charge in [-0.3, -0.25) is 9.59 Å². The van der Waals surface area contributed by atoms with E-state index in [1.54, 1.807) is 0 Å². The summed E-state index contributed by atoms with van der Waals surface area (Å²) in [5.74, 6) is -0.842. The van der Waals surface area contributed by atoms with Crippen molar-refractivity contribution in [3.8, 4) is 0 Å². The molecule has 0 bridgehead atoms. The van der Waals surface area contributed by atoms with Crippen molar-refractivity contribution >= 4 is 11.9 Å². The molecule has 0 radical (unpaired) electrons. The van der Waals surface area contributed by atoms with Crippen LogP contribution in [-0.4, -0.2) is 38.4 Å². The van der Waals surface area contributed by atoms with E-state index in [9.17, 15) is 9.59 Å². The van der Waals surface area contributed by atoms with Gasteiger partial charge < -0.3 is 18.9 Å². The minimum absolute atomic E-state index is 0.0182. The van der Waals surface area contributed by atoms with E-state index in [1.807, 2.05) is 0 Å². The smallest absolute Gasteiger partial charge is 0.306 e. The molecule has 0 aromatic carbocycles. The quantitative estimate of drug-likeness (QED) is 0.293. The summed E-state index contributed by atoms with van der Waals surface area (Å²) in [6.07, 6.45) is 3.88. The Kier molecular flexibility index (Phi) is 12.1. The fraction of sp³-hybridized carbons (Fsp3) is 0.571. The summed E-state index contributed by atoms with van der Waals surface area (Å²) in [6.45, 7) is 8.21. The molecule has 0 spiro atoms. The number of hydrogen-bond acceptors (Lipinski definition) is 6. The van der Waals surface area contributed by atoms with Crippen LogP contribution in [0.15, 0.2) is 25.7 Å². The van der Waals surface area contributed by atoms with Crippen LogP contribution < -0.4 is 0 Å². The molecule has 0 atom stereocenters. The summed E-state index contributed by atoms with van der Waals surface area (Å²) in [6, 6.07) is 0. The maximum Gasteiger partial charge on any atom is 0.306 e. The van der Waals surface area contributed by atoms with Gasteiger partial charge in [-0.1, -0.05) is 13.2 Å². The van der Waals surface area contributed by atoms with Crippen molar-refractivity contribution in [3.05, 3.63) is 25.7 Å². The molecule has 0 aliphatic heterocycles. The Morgan fingerprint density at radius 2 is 1.15 bits per heavy atom. The summed E-state index contributed by atoms with van der Waals surface area (Å²) in [7, 11) is 0. The lowest BCUT2D eigenvalue weighted by Crippen LogP contribution is -2.12. The van der Waals surface area contributed by atoms with E-state index in [0.29, 0.717) is 26.1 Å². The van der Waals surface area contributed by atoms with E-state index in [0.717, 1.165) is 0 Å². The molecule has 0 N–H and O–H groups in total. The van der Waals surface area contributed by atoms with Gasteiger partial charge in [0.2, 0.25) is 0 Å². The Hall–Kier alpha value is -1.98. The number of carbonyl (C=O) groups is 2. The van der Waals surface area contributed by atoms with E-state index in [1.165, 1.54) is 12.5 Å². The second kappa shape index (κ2) is 13.5. The molecule has 114 valence electrons. The Labute approximate surface area is 119 Å². The van der Waals surface area contributed by atoms with Gasteiger partial charge in [-0.25, -0.2) is 0 Å². The SMILES string of the molecule is C=COCCCOC(=O)CCC(=O)OCCCOC=C. The molecular weight excluding hydrogens is 264 g/mol. The molecule has 0 aliphatic carbocycles. The standard InChI is InChI=1S/C14H22O6/c1-3-17-9-5-11-19-13(15)7-8-14(16)20-12-6-10-18-4-2/h3-4H,1-2,5-12H2. The van der Waals surface area contributed by atoms with Crippen LogP contribution in [0.1, 0.15) is 25.7 Å². The van der Waals surface area contributed by atoms with Gasteiger partial charge in [-0.15, -0.1) is 0 Å². The van der Waals surface area contributed by atoms with Gasteiger partial charge in [-0.05, 0) is 0 Å². The van der Waals surface area contributed by atoms with Crippen molar-refractivity contribution in [2.24, 2.45) is 0 Å². The molecule has 6 heteroatoms. The van der Waals surface area contributed by atoms with Crippen LogP contribution in [0.2, 0.25) is 0 Å². The molecule has 0 saturated heterocycles. The summed E-state index contributed by atoms with van der Waals surface area (Å²) < 4.78 is 19.5. The van der Waals surface area contributed by atoms with Crippen molar-refractivity contribution in [3.63, 3.8) is 0 Å². The first kappa shape index (κ1) is 18.0. The third kappa shape index (κ3) is 12.5. The average molecular weight is 286 g/mol. The lowest BCUT2D eigenvalue weighted by atomic mass is 10.3. The van der Waals surface area contributed by atoms with Gasteiger partial charge >= 0.3 is 11.9 Å². The van der Waals surface area contributed by atoms with Crippen LogP contribution in [0.3, 0.4) is 0 Å². The topological polar surface area (TPSA) is 71.1 Å². The van der Waals surface area contributed by atoms with Crippen molar-refractivity contribution < 1.29 is 28.5 Å². The molecule has 20 heavy (non-hydrogen) atoms. The Bertz CT molecular complexity index is 270. The van der Waals surface area contributed by atoms with Crippen LogP contribution in [0.4, 0.5) is 0 Å². The predicted molar refractivity (Wildman–Crippen MR) is 72.7 cm³/mol. The number of carbonyl (C=O) groups excluding carboxylic acids is 2. The van der Waals surface area contributed by atoms with Gasteiger partial charge in [-0.2, -0.15) is 0 Å². The van der Waals surface area contributed by atoms with Crippen LogP contribution in [0.25, 0.3) is 0 Å². The summed E-state index contributed by atoms with van der Waals surface area (Å²) >= 11 is 0. The maximum absolute atomic E-state index is 11.3. The van der Waals surface area contributed by atoms with Crippen LogP contribution in [0, 0.1) is 0 Å². The van der Waals surface area contributed by atoms with E-state index in [4.69, 9.17) is 18.9 Å². The third-order valence-electron chi connectivity index (χ3n) is 2.11. The van der Waals surface area contributed by atoms with E-state index >= 15 is 0 Å². The summed E-state index contributed by atoms with van der Waals surface area (Å²) in [5, 5.41) is 0. The predicted octanol–water partition coefficient (Wildman–Crippen LogP) is 1.95. The second-order valence-corrected chi connectivity index (χ2v) is 3.72. The van der Waals surface area contributed by atoms with E-state index < -0.39 is 11.9 Å². The highest BCUT2D eigenvalue weighted by atomic mass is 16.5. The molecule has 0 heterocycles. The van der Waals surface area contributed by atoms with Crippen molar-refractivity contribution in [2.75, 3.05) is 26.4 Å². The number of ether oxygens (including phenoxy) is 4. The van der Waals surface area contributed by atoms with Crippen molar-refractivity contribution in [1.82, 2.24) is 0 Å². The highest BCUT2D eigenvalue weighted by Crippen LogP contribution is 1.98. The Morgan fingerprint density at radius 1 is 0.750 bits per heavy atom. The highest BCUT2D eigenvalue weighted by Gasteiger charge is 2.08. The largest absolute Gasteiger partial charge is 0.502 e. The average Bonchev–Trinajstić information content (AvgIpc) is 2.44. The Morgan fingerprint density at radius 3 is 1.50 bits per heavy atom. The lowest BCUT2D eigenvalue weighted by molar-refractivity contribution is -0.150. The molecule has 0 aromatic heterocycles. The third-order valence-corrected chi connectivity index (χ3v) is 2.11. The maximum atomic E-state index is 11.3. The van der Waals surface area contributed by atoms with E-state index in [2.05, 4.69) is 13.2 Å². The lowest BCUT2D eigenvalue weighted by Gasteiger charge is -2.06. The molecule has 0 fully saturated rings. The molecule has 0 saturated carbocycles. The minimum Gasteiger partial charge on any atom is -0.502 e. The first-order valence-electron chi connectivity index (χ1n) is 6.47. The number of rotatable bonds is 13. The van der Waals surface area contributed by atoms with Gasteiger partial charge in [0.25, 0.3) is 0 Å². The fourth-order valence-corrected chi connectivity index (χ4v) is 1.17. The number of hydrogen-bond donors (Lipinski definition) is 0. The number of esters is 2. The zero-order valence-corrected chi connectivity index (χ0v) is 11.7. The van der Waals surface area contributed by atoms with Crippen LogP contribution in [0.5, 0.6) is 0 Å². The molecule has 0 unspecified atom stereocenters. The zero-order chi connectivity index (χ0) is 15.1. The van der Waals surface area contributed by atoms with Crippen LogP contribution >= 0.6 is 0 Å². The minimum atomic E-state index is -0.421. The van der Waals surface area contributed by atoms with Crippen molar-refractivity contribution in [2.45, 2.75) is 25.7 Å². The molecular formula is C14H22O6. The fourth-order valence-electron chi connectivity index (χ4n) is 1.17. The monoisotopic (exact) mass is 286 g/mol. The molecule has 6 nitrogen and oxygen atoms in total. The summed E-state index contributed by atoms with van der Waals surface area (Å²) in [5.41, 5.74) is 0. The second-order valence-electron chi connectivity index (χ2n) is 3.72. The van der Waals surface area contributed by atoms with Crippen molar-refractivity contribution in [1.29, 1.82) is 0 Å². The van der Waals surface area contributed by atoms with Gasteiger partial charge in [0.1, 0.15) is 0 Å². The first-order valence-corrected chi connectivity index (χ1v) is 6.47. The van der Waals surface area contributed by atoms with Gasteiger partial charge in [0.15, 0.2) is 0 Å². The molecule has 0 aliphatic rings. The molecule has 0 amide bonds. The first-order chi connectivity index (χ1) is 9.70. The van der Waals surface area contributed by atoms with E-state index in [-0.39, 0.29) is 26.1 Å².